The second kappa shape index (κ2) is 7.20. The van der Waals surface area contributed by atoms with Crippen molar-refractivity contribution < 1.29 is 14.3 Å². The lowest BCUT2D eigenvalue weighted by molar-refractivity contribution is -0.132. The van der Waals surface area contributed by atoms with Gasteiger partial charge >= 0.3 is 0 Å². The summed E-state index contributed by atoms with van der Waals surface area (Å²) in [6.07, 6.45) is 3.60. The van der Waals surface area contributed by atoms with Crippen molar-refractivity contribution in [2.75, 3.05) is 33.9 Å². The molecular weight excluding hydrogens is 318 g/mol. The molecule has 2 aliphatic heterocycles. The van der Waals surface area contributed by atoms with E-state index in [1.54, 1.807) is 23.9 Å². The minimum atomic E-state index is -0.325. The van der Waals surface area contributed by atoms with Crippen LogP contribution in [0.5, 0.6) is 0 Å². The van der Waals surface area contributed by atoms with Crippen molar-refractivity contribution in [2.45, 2.75) is 51.6 Å². The Morgan fingerprint density at radius 2 is 1.84 bits per heavy atom. The summed E-state index contributed by atoms with van der Waals surface area (Å²) in [4.78, 5) is 28.9. The van der Waals surface area contributed by atoms with Crippen LogP contribution in [0.1, 0.15) is 53.5 Å². The molecule has 2 saturated heterocycles. The number of aromatic nitrogens is 1. The number of likely N-dealkylation sites (N-methyl/N-ethyl adjacent to an activating group) is 1. The zero-order chi connectivity index (χ0) is 18.1. The molecule has 2 amide bonds. The molecule has 2 aliphatic rings. The molecule has 138 valence electrons. The Hall–Kier alpha value is -1.82. The first-order valence-corrected chi connectivity index (χ1v) is 9.20. The van der Waals surface area contributed by atoms with Crippen LogP contribution in [-0.2, 0) is 9.53 Å². The number of amides is 2. The molecular formula is C19H29N3O3. The Balaban J connectivity index is 1.86. The monoisotopic (exact) mass is 347 g/mol. The number of hydrogen-bond donors (Lipinski definition) is 0. The first-order valence-electron chi connectivity index (χ1n) is 9.20. The summed E-state index contributed by atoms with van der Waals surface area (Å²) in [6.45, 7) is 6.29. The van der Waals surface area contributed by atoms with Crippen LogP contribution in [-0.4, -0.2) is 66.1 Å². The topological polar surface area (TPSA) is 54.8 Å². The fraction of sp³-hybridized carbons (Fsp3) is 0.684. The van der Waals surface area contributed by atoms with Crippen LogP contribution in [0.25, 0.3) is 0 Å². The van der Waals surface area contributed by atoms with Crippen LogP contribution in [0.2, 0.25) is 0 Å². The Morgan fingerprint density at radius 3 is 2.48 bits per heavy atom. The first-order chi connectivity index (χ1) is 11.9. The summed E-state index contributed by atoms with van der Waals surface area (Å²) < 4.78 is 7.75. The van der Waals surface area contributed by atoms with Crippen LogP contribution in [0, 0.1) is 13.8 Å². The highest BCUT2D eigenvalue weighted by Crippen LogP contribution is 2.30. The van der Waals surface area contributed by atoms with E-state index in [-0.39, 0.29) is 17.9 Å². The molecule has 0 aliphatic carbocycles. The van der Waals surface area contributed by atoms with Crippen molar-refractivity contribution in [1.82, 2.24) is 14.4 Å². The van der Waals surface area contributed by atoms with Crippen molar-refractivity contribution in [2.24, 2.45) is 0 Å². The van der Waals surface area contributed by atoms with Gasteiger partial charge in [0.1, 0.15) is 6.04 Å². The number of likely N-dealkylation sites (tertiary alicyclic amines) is 1. The average molecular weight is 347 g/mol. The maximum absolute atomic E-state index is 13.2. The maximum Gasteiger partial charge on any atom is 0.256 e. The van der Waals surface area contributed by atoms with Crippen molar-refractivity contribution >= 4 is 11.8 Å². The molecule has 0 aromatic carbocycles. The third-order valence-corrected chi connectivity index (χ3v) is 5.51. The average Bonchev–Trinajstić information content (AvgIpc) is 3.19. The minimum Gasteiger partial charge on any atom is -0.381 e. The van der Waals surface area contributed by atoms with E-state index < -0.39 is 0 Å². The van der Waals surface area contributed by atoms with E-state index in [1.807, 2.05) is 13.0 Å². The number of carbonyl (C=O) groups excluding carboxylic acids is 2. The lowest BCUT2D eigenvalue weighted by Crippen LogP contribution is -2.45. The third kappa shape index (κ3) is 3.32. The largest absolute Gasteiger partial charge is 0.381 e. The molecule has 1 unspecified atom stereocenters. The van der Waals surface area contributed by atoms with Crippen molar-refractivity contribution in [3.8, 4) is 0 Å². The van der Waals surface area contributed by atoms with Gasteiger partial charge in [-0.2, -0.15) is 0 Å². The molecule has 3 heterocycles. The molecule has 3 rings (SSSR count). The number of ether oxygens (including phenoxy) is 1. The van der Waals surface area contributed by atoms with Gasteiger partial charge in [0.25, 0.3) is 5.91 Å². The predicted octanol–water partition coefficient (Wildman–Crippen LogP) is 2.15. The normalized spacial score (nSPS) is 21.6. The van der Waals surface area contributed by atoms with Gasteiger partial charge < -0.3 is 19.1 Å². The first kappa shape index (κ1) is 18.0. The van der Waals surface area contributed by atoms with Gasteiger partial charge in [0.05, 0.1) is 5.56 Å². The fourth-order valence-corrected chi connectivity index (χ4v) is 4.22. The van der Waals surface area contributed by atoms with Crippen molar-refractivity contribution in [3.63, 3.8) is 0 Å². The smallest absolute Gasteiger partial charge is 0.256 e. The highest BCUT2D eigenvalue weighted by Gasteiger charge is 2.36. The summed E-state index contributed by atoms with van der Waals surface area (Å²) in [5.41, 5.74) is 2.86. The predicted molar refractivity (Wildman–Crippen MR) is 95.7 cm³/mol. The Labute approximate surface area is 149 Å². The summed E-state index contributed by atoms with van der Waals surface area (Å²) in [6, 6.07) is 2.06. The minimum absolute atomic E-state index is 0.0101. The van der Waals surface area contributed by atoms with Crippen molar-refractivity contribution in [1.29, 1.82) is 0 Å². The molecule has 0 saturated carbocycles. The van der Waals surface area contributed by atoms with Crippen LogP contribution < -0.4 is 0 Å². The van der Waals surface area contributed by atoms with Gasteiger partial charge in [-0.25, -0.2) is 0 Å². The SMILES string of the molecule is Cc1cc(C(=O)N2CCCC2C(=O)N(C)C)c(C)n1C1CCOCC1. The van der Waals surface area contributed by atoms with Crippen LogP contribution in [0.4, 0.5) is 0 Å². The lowest BCUT2D eigenvalue weighted by Gasteiger charge is -2.28. The quantitative estimate of drug-likeness (QED) is 0.842. The van der Waals surface area contributed by atoms with Crippen LogP contribution >= 0.6 is 0 Å². The van der Waals surface area contributed by atoms with Gasteiger partial charge in [0, 0.05) is 51.3 Å². The van der Waals surface area contributed by atoms with Gasteiger partial charge in [-0.05, 0) is 45.6 Å². The highest BCUT2D eigenvalue weighted by molar-refractivity contribution is 5.99. The molecule has 0 radical (unpaired) electrons. The summed E-state index contributed by atoms with van der Waals surface area (Å²) in [5.74, 6) is 0.00759. The fourth-order valence-electron chi connectivity index (χ4n) is 4.22. The van der Waals surface area contributed by atoms with E-state index >= 15 is 0 Å². The van der Waals surface area contributed by atoms with Gasteiger partial charge in [0.15, 0.2) is 0 Å². The Bertz CT molecular complexity index is 659. The van der Waals surface area contributed by atoms with E-state index in [9.17, 15) is 9.59 Å². The molecule has 1 aromatic heterocycles. The molecule has 1 aromatic rings. The second-order valence-corrected chi connectivity index (χ2v) is 7.39. The maximum atomic E-state index is 13.2. The van der Waals surface area contributed by atoms with Gasteiger partial charge in [0.2, 0.25) is 5.91 Å². The Morgan fingerprint density at radius 1 is 1.16 bits per heavy atom. The molecule has 0 N–H and O–H groups in total. The van der Waals surface area contributed by atoms with Gasteiger partial charge in [-0.3, -0.25) is 9.59 Å². The molecule has 6 nitrogen and oxygen atoms in total. The van der Waals surface area contributed by atoms with E-state index in [0.29, 0.717) is 12.6 Å². The third-order valence-electron chi connectivity index (χ3n) is 5.51. The zero-order valence-electron chi connectivity index (χ0n) is 15.7. The molecule has 25 heavy (non-hydrogen) atoms. The zero-order valence-corrected chi connectivity index (χ0v) is 15.7. The Kier molecular flexibility index (Phi) is 5.18. The van der Waals surface area contributed by atoms with Crippen molar-refractivity contribution in [3.05, 3.63) is 23.0 Å². The number of nitrogens with zero attached hydrogens (tertiary/aromatic N) is 3. The van der Waals surface area contributed by atoms with Gasteiger partial charge in [-0.15, -0.1) is 0 Å². The standard InChI is InChI=1S/C19H29N3O3/c1-13-12-16(14(2)22(13)15-7-10-25-11-8-15)18(23)21-9-5-6-17(21)19(24)20(3)4/h12,15,17H,5-11H2,1-4H3. The number of rotatable bonds is 3. The highest BCUT2D eigenvalue weighted by atomic mass is 16.5. The lowest BCUT2D eigenvalue weighted by atomic mass is 10.1. The molecule has 1 atom stereocenters. The molecule has 2 fully saturated rings. The summed E-state index contributed by atoms with van der Waals surface area (Å²) >= 11 is 0. The number of carbonyl (C=O) groups is 2. The molecule has 0 bridgehead atoms. The number of hydrogen-bond acceptors (Lipinski definition) is 3. The van der Waals surface area contributed by atoms with Gasteiger partial charge in [-0.1, -0.05) is 0 Å². The second-order valence-electron chi connectivity index (χ2n) is 7.39. The molecule has 6 heteroatoms. The van der Waals surface area contributed by atoms with Crippen LogP contribution in [0.3, 0.4) is 0 Å². The van der Waals surface area contributed by atoms with E-state index in [4.69, 9.17) is 4.74 Å². The van der Waals surface area contributed by atoms with Crippen LogP contribution in [0.15, 0.2) is 6.07 Å². The van der Waals surface area contributed by atoms with E-state index in [2.05, 4.69) is 11.5 Å². The van der Waals surface area contributed by atoms with E-state index in [1.165, 1.54) is 0 Å². The summed E-state index contributed by atoms with van der Waals surface area (Å²) in [7, 11) is 3.50. The number of aryl methyl sites for hydroxylation is 1. The molecule has 0 spiro atoms. The summed E-state index contributed by atoms with van der Waals surface area (Å²) in [5, 5.41) is 0. The van der Waals surface area contributed by atoms with E-state index in [0.717, 1.165) is 55.8 Å².